The highest BCUT2D eigenvalue weighted by Crippen LogP contribution is 2.36. The fourth-order valence-corrected chi connectivity index (χ4v) is 4.63. The molecule has 0 spiro atoms. The molecule has 4 rings (SSSR count). The molecule has 1 aliphatic heterocycles. The molecule has 35 heavy (non-hydrogen) atoms. The van der Waals surface area contributed by atoms with Crippen LogP contribution in [0, 0.1) is 5.92 Å². The molecule has 1 aromatic carbocycles. The Morgan fingerprint density at radius 2 is 1.77 bits per heavy atom. The third kappa shape index (κ3) is 6.28. The summed E-state index contributed by atoms with van der Waals surface area (Å²) >= 11 is 0. The van der Waals surface area contributed by atoms with Gasteiger partial charge in [0, 0.05) is 31.2 Å². The number of amides is 1. The Morgan fingerprint density at radius 3 is 2.40 bits per heavy atom. The van der Waals surface area contributed by atoms with Crippen LogP contribution in [0.2, 0.25) is 0 Å². The van der Waals surface area contributed by atoms with Crippen LogP contribution in [0.3, 0.4) is 0 Å². The number of tetrazole rings is 1. The van der Waals surface area contributed by atoms with E-state index < -0.39 is 41.8 Å². The average Bonchev–Trinajstić information content (AvgIpc) is 3.49. The predicted octanol–water partition coefficient (Wildman–Crippen LogP) is 3.12. The molecule has 14 heteroatoms. The summed E-state index contributed by atoms with van der Waals surface area (Å²) in [6, 6.07) is 1.27. The Morgan fingerprint density at radius 1 is 1.06 bits per heavy atom. The van der Waals surface area contributed by atoms with Crippen molar-refractivity contribution in [3.8, 4) is 0 Å². The number of carbonyl (C=O) groups excluding carboxylic acids is 1. The van der Waals surface area contributed by atoms with Crippen LogP contribution in [0.25, 0.3) is 0 Å². The zero-order valence-electron chi connectivity index (χ0n) is 18.4. The number of nitrogens with one attached hydrogen (secondary N) is 2. The van der Waals surface area contributed by atoms with E-state index in [1.807, 2.05) is 0 Å². The van der Waals surface area contributed by atoms with Gasteiger partial charge in [-0.25, -0.2) is 4.68 Å². The highest BCUT2D eigenvalue weighted by molar-refractivity contribution is 5.79. The van der Waals surface area contributed by atoms with Gasteiger partial charge in [0.25, 0.3) is 0 Å². The lowest BCUT2D eigenvalue weighted by Crippen LogP contribution is -2.47. The number of benzene rings is 1. The second-order valence-electron chi connectivity index (χ2n) is 8.83. The first-order chi connectivity index (χ1) is 16.5. The number of hydrogen-bond acceptors (Lipinski definition) is 6. The third-order valence-corrected chi connectivity index (χ3v) is 6.40. The van der Waals surface area contributed by atoms with Crippen LogP contribution in [0.4, 0.5) is 26.3 Å². The highest BCUT2D eigenvalue weighted by Gasteiger charge is 2.38. The average molecular weight is 506 g/mol. The van der Waals surface area contributed by atoms with E-state index >= 15 is 0 Å². The molecule has 2 fully saturated rings. The van der Waals surface area contributed by atoms with Gasteiger partial charge >= 0.3 is 12.4 Å². The SMILES string of the molecule is O=C(NCc1cc(C(F)(F)F)cc(C(F)(F)F)c1)[C@H]1CCC(NC2CCOCC2n2cnnn2)C1. The summed E-state index contributed by atoms with van der Waals surface area (Å²) in [7, 11) is 0. The molecule has 8 nitrogen and oxygen atoms in total. The summed E-state index contributed by atoms with van der Waals surface area (Å²) in [5, 5.41) is 17.3. The summed E-state index contributed by atoms with van der Waals surface area (Å²) < 4.78 is 85.5. The Labute approximate surface area is 196 Å². The number of aromatic nitrogens is 4. The van der Waals surface area contributed by atoms with E-state index in [9.17, 15) is 31.1 Å². The van der Waals surface area contributed by atoms with Crippen molar-refractivity contribution >= 4 is 5.91 Å². The molecule has 1 saturated heterocycles. The van der Waals surface area contributed by atoms with E-state index in [1.165, 1.54) is 6.33 Å². The lowest BCUT2D eigenvalue weighted by molar-refractivity contribution is -0.143. The van der Waals surface area contributed by atoms with Gasteiger partial charge in [0.2, 0.25) is 5.91 Å². The molecule has 3 unspecified atom stereocenters. The van der Waals surface area contributed by atoms with Gasteiger partial charge in [-0.2, -0.15) is 26.3 Å². The number of halogens is 6. The standard InChI is InChI=1S/C21H24F6N6O2/c22-20(23,24)14-5-12(6-15(8-14)21(25,26)27)9-28-19(34)13-1-2-16(7-13)30-17-3-4-35-10-18(17)33-11-29-31-32-33/h5-6,8,11,13,16-18,30H,1-4,7,9-10H2,(H,28,34)/t13-,16?,17?,18?/m0/s1. The monoisotopic (exact) mass is 506 g/mol. The zero-order chi connectivity index (χ0) is 25.2. The number of carbonyl (C=O) groups is 1. The van der Waals surface area contributed by atoms with Gasteiger partial charge in [0.15, 0.2) is 0 Å². The van der Waals surface area contributed by atoms with Crippen molar-refractivity contribution in [1.29, 1.82) is 0 Å². The molecule has 192 valence electrons. The van der Waals surface area contributed by atoms with Crippen LogP contribution in [0.1, 0.15) is 48.4 Å². The van der Waals surface area contributed by atoms with E-state index in [-0.39, 0.29) is 29.8 Å². The molecule has 2 aromatic rings. The number of alkyl halides is 6. The zero-order valence-corrected chi connectivity index (χ0v) is 18.4. The lowest BCUT2D eigenvalue weighted by Gasteiger charge is -2.33. The summed E-state index contributed by atoms with van der Waals surface area (Å²) in [4.78, 5) is 12.6. The number of hydrogen-bond donors (Lipinski definition) is 2. The topological polar surface area (TPSA) is 94.0 Å². The second kappa shape index (κ2) is 10.1. The molecule has 4 atom stereocenters. The van der Waals surface area contributed by atoms with Crippen molar-refractivity contribution < 1.29 is 35.9 Å². The predicted molar refractivity (Wildman–Crippen MR) is 109 cm³/mol. The van der Waals surface area contributed by atoms with Crippen LogP contribution < -0.4 is 10.6 Å². The van der Waals surface area contributed by atoms with Crippen molar-refractivity contribution in [3.05, 3.63) is 41.2 Å². The fraction of sp³-hybridized carbons (Fsp3) is 0.619. The van der Waals surface area contributed by atoms with E-state index in [0.717, 1.165) is 6.42 Å². The number of nitrogens with zero attached hydrogens (tertiary/aromatic N) is 4. The van der Waals surface area contributed by atoms with E-state index in [4.69, 9.17) is 4.74 Å². The molecular formula is C21H24F6N6O2. The minimum Gasteiger partial charge on any atom is -0.379 e. The van der Waals surface area contributed by atoms with Gasteiger partial charge in [-0.15, -0.1) is 5.10 Å². The van der Waals surface area contributed by atoms with Gasteiger partial charge < -0.3 is 15.4 Å². The summed E-state index contributed by atoms with van der Waals surface area (Å²) in [6.07, 6.45) is -5.87. The quantitative estimate of drug-likeness (QED) is 0.585. The van der Waals surface area contributed by atoms with Crippen LogP contribution in [-0.2, 0) is 28.4 Å². The maximum atomic E-state index is 13.1. The molecule has 0 bridgehead atoms. The van der Waals surface area contributed by atoms with Crippen LogP contribution in [0.5, 0.6) is 0 Å². The molecule has 2 heterocycles. The summed E-state index contributed by atoms with van der Waals surface area (Å²) in [5.41, 5.74) is -3.08. The largest absolute Gasteiger partial charge is 0.416 e. The highest BCUT2D eigenvalue weighted by atomic mass is 19.4. The number of rotatable bonds is 6. The van der Waals surface area contributed by atoms with E-state index in [1.54, 1.807) is 4.68 Å². The van der Waals surface area contributed by atoms with Crippen molar-refractivity contribution in [2.24, 2.45) is 5.92 Å². The van der Waals surface area contributed by atoms with Gasteiger partial charge in [-0.1, -0.05) is 0 Å². The molecule has 0 radical (unpaired) electrons. The van der Waals surface area contributed by atoms with Crippen molar-refractivity contribution in [1.82, 2.24) is 30.8 Å². The number of ether oxygens (including phenoxy) is 1. The molecule has 2 aliphatic rings. The first-order valence-corrected chi connectivity index (χ1v) is 11.1. The molecule has 2 N–H and O–H groups in total. The summed E-state index contributed by atoms with van der Waals surface area (Å²) in [6.45, 7) is 0.585. The Hall–Kier alpha value is -2.74. The van der Waals surface area contributed by atoms with Gasteiger partial charge in [-0.3, -0.25) is 4.79 Å². The summed E-state index contributed by atoms with van der Waals surface area (Å²) in [5.74, 6) is -0.795. The first kappa shape index (κ1) is 25.4. The van der Waals surface area contributed by atoms with Gasteiger partial charge in [-0.05, 0) is 59.9 Å². The second-order valence-corrected chi connectivity index (χ2v) is 8.83. The van der Waals surface area contributed by atoms with Crippen LogP contribution in [0.15, 0.2) is 24.5 Å². The lowest BCUT2D eigenvalue weighted by atomic mass is 10.0. The molecule has 1 amide bonds. The van der Waals surface area contributed by atoms with Crippen molar-refractivity contribution in [2.75, 3.05) is 13.2 Å². The minimum atomic E-state index is -4.94. The molecular weight excluding hydrogens is 482 g/mol. The van der Waals surface area contributed by atoms with Gasteiger partial charge in [0.1, 0.15) is 6.33 Å². The smallest absolute Gasteiger partial charge is 0.379 e. The van der Waals surface area contributed by atoms with Crippen LogP contribution >= 0.6 is 0 Å². The molecule has 1 aromatic heterocycles. The van der Waals surface area contributed by atoms with Crippen molar-refractivity contribution in [2.45, 2.75) is 62.7 Å². The normalized spacial score (nSPS) is 25.5. The third-order valence-electron chi connectivity index (χ3n) is 6.40. The Bertz CT molecular complexity index is 980. The molecule has 1 saturated carbocycles. The van der Waals surface area contributed by atoms with E-state index in [2.05, 4.69) is 26.2 Å². The van der Waals surface area contributed by atoms with Crippen LogP contribution in [-0.4, -0.2) is 51.4 Å². The van der Waals surface area contributed by atoms with Crippen molar-refractivity contribution in [3.63, 3.8) is 0 Å². The first-order valence-electron chi connectivity index (χ1n) is 11.1. The van der Waals surface area contributed by atoms with Gasteiger partial charge in [0.05, 0.1) is 23.8 Å². The molecule has 1 aliphatic carbocycles. The maximum Gasteiger partial charge on any atom is 0.416 e. The maximum absolute atomic E-state index is 13.1. The fourth-order valence-electron chi connectivity index (χ4n) is 4.63. The Kier molecular flexibility index (Phi) is 7.31. The minimum absolute atomic E-state index is 0.0261. The Balaban J connectivity index is 1.34. The van der Waals surface area contributed by atoms with E-state index in [0.29, 0.717) is 44.6 Å².